The Balaban J connectivity index is 1.47. The number of esters is 1. The number of rotatable bonds is 16. The van der Waals surface area contributed by atoms with Crippen LogP contribution in [0.2, 0.25) is 18.1 Å². The number of alkyl halides is 1. The van der Waals surface area contributed by atoms with Crippen LogP contribution in [0.25, 0.3) is 11.2 Å². The average molecular weight is 847 g/mol. The number of ether oxygens (including phenoxy) is 3. The van der Waals surface area contributed by atoms with Crippen molar-refractivity contribution in [1.29, 1.82) is 5.26 Å². The third-order valence-corrected chi connectivity index (χ3v) is 16.7. The summed E-state index contributed by atoms with van der Waals surface area (Å²) in [5.74, 6) is 5.04. The van der Waals surface area contributed by atoms with Crippen molar-refractivity contribution in [1.82, 2.24) is 24.5 Å². The van der Waals surface area contributed by atoms with E-state index in [4.69, 9.17) is 44.0 Å². The van der Waals surface area contributed by atoms with Crippen molar-refractivity contribution in [3.05, 3.63) is 48.4 Å². The van der Waals surface area contributed by atoms with E-state index in [1.165, 1.54) is 24.1 Å². The summed E-state index contributed by atoms with van der Waals surface area (Å²) in [5.41, 5.74) is 1.87. The monoisotopic (exact) mass is 846 g/mol. The molecule has 3 aromatic rings. The molecule has 0 radical (unpaired) electrons. The first-order chi connectivity index (χ1) is 27.0. The van der Waals surface area contributed by atoms with Crippen LogP contribution in [0.3, 0.4) is 0 Å². The second kappa shape index (κ2) is 19.0. The zero-order valence-corrected chi connectivity index (χ0v) is 35.6. The molecule has 2 aliphatic heterocycles. The second-order valence-electron chi connectivity index (χ2n) is 15.1. The number of carbonyl (C=O) groups is 2. The van der Waals surface area contributed by atoms with Gasteiger partial charge in [-0.2, -0.15) is 5.26 Å². The highest BCUT2D eigenvalue weighted by Gasteiger charge is 2.53. The molecular formula is C37H48FN6O10PSSi. The molecule has 16 nitrogen and oxygen atoms in total. The molecule has 2 aliphatic rings. The van der Waals surface area contributed by atoms with Gasteiger partial charge in [-0.25, -0.2) is 19.3 Å². The largest absolute Gasteiger partial charge is 0.456 e. The normalized spacial score (nSPS) is 26.0. The molecule has 0 saturated carbocycles. The number of carbonyl (C=O) groups excluding carboxylic acids is 2. The van der Waals surface area contributed by atoms with Gasteiger partial charge in [-0.05, 0) is 55.9 Å². The number of aromatic nitrogens is 5. The minimum absolute atomic E-state index is 0.0698. The van der Waals surface area contributed by atoms with Gasteiger partial charge in [0.25, 0.3) is 0 Å². The summed E-state index contributed by atoms with van der Waals surface area (Å²) in [6.45, 7) is 8.28. The molecule has 9 atom stereocenters. The second-order valence-corrected chi connectivity index (χ2v) is 22.9. The minimum atomic E-state index is -3.95. The SMILES string of the molecule is CC(=O)CCC(=O)O[C@H]1[C@@H](F)[C@H](n2cnc3c(C)ncnc32)O[C@@H]1COP(=S)(OCCC#N)O[C@@H]1C(O[Si](C)(C)C(C)(C)C)[C@@H](CO)O[C@H]1C#Cc1cccnc1. The number of halogens is 1. The quantitative estimate of drug-likeness (QED) is 0.0677. The first-order valence-electron chi connectivity index (χ1n) is 18.4. The predicted molar refractivity (Wildman–Crippen MR) is 209 cm³/mol. The molecule has 20 heteroatoms. The third-order valence-electron chi connectivity index (χ3n) is 9.89. The van der Waals surface area contributed by atoms with E-state index < -0.39 is 83.2 Å². The van der Waals surface area contributed by atoms with Crippen molar-refractivity contribution in [2.45, 2.75) is 121 Å². The highest BCUT2D eigenvalue weighted by Crippen LogP contribution is 2.54. The Bertz CT molecular complexity index is 2040. The maximum Gasteiger partial charge on any atom is 0.327 e. The van der Waals surface area contributed by atoms with Crippen LogP contribution in [0, 0.1) is 30.1 Å². The number of imidazole rings is 1. The third kappa shape index (κ3) is 10.9. The van der Waals surface area contributed by atoms with E-state index in [1.54, 1.807) is 31.5 Å². The lowest BCUT2D eigenvalue weighted by Crippen LogP contribution is -2.50. The maximum atomic E-state index is 16.5. The van der Waals surface area contributed by atoms with Crippen LogP contribution < -0.4 is 0 Å². The van der Waals surface area contributed by atoms with Crippen LogP contribution in [0.1, 0.15) is 64.4 Å². The summed E-state index contributed by atoms with van der Waals surface area (Å²) >= 11 is 5.96. The standard InChI is InChI=1S/C37H48FN6O10PSSi/c1-23(46)11-14-29(47)52-32-28(51-36(30(32)38)44-22-43-31-24(2)41-21-42-35(31)44)20-49-55(56,48-17-9-15-39)53-33-26(13-12-25-10-8-16-40-18-25)50-27(19-45)34(33)54-57(6,7)37(3,4)5/h8,10,16,18,21-22,26-28,30,32-34,36,45H,9,11,14,17,19-20H2,1-7H3/t26-,27+,28+,30+,32+,33-,34?,36+,55?/m0/s1. The summed E-state index contributed by atoms with van der Waals surface area (Å²) in [4.78, 5) is 41.4. The van der Waals surface area contributed by atoms with Crippen molar-refractivity contribution in [3.63, 3.8) is 0 Å². The van der Waals surface area contributed by atoms with Gasteiger partial charge >= 0.3 is 12.7 Å². The van der Waals surface area contributed by atoms with Crippen LogP contribution in [0.5, 0.6) is 0 Å². The van der Waals surface area contributed by atoms with Gasteiger partial charge in [-0.15, -0.1) is 0 Å². The average Bonchev–Trinajstić information content (AvgIpc) is 3.82. The van der Waals surface area contributed by atoms with E-state index in [0.717, 1.165) is 0 Å². The number of hydrogen-bond donors (Lipinski definition) is 1. The Morgan fingerprint density at radius 2 is 1.89 bits per heavy atom. The van der Waals surface area contributed by atoms with Crippen LogP contribution in [-0.4, -0.2) is 112 Å². The maximum absolute atomic E-state index is 16.5. The van der Waals surface area contributed by atoms with Gasteiger partial charge in [0.05, 0.1) is 50.8 Å². The Hall–Kier alpha value is -3.59. The summed E-state index contributed by atoms with van der Waals surface area (Å²) in [5, 5.41) is 19.6. The highest BCUT2D eigenvalue weighted by atomic mass is 32.5. The van der Waals surface area contributed by atoms with Gasteiger partial charge < -0.3 is 37.6 Å². The Labute approximate surface area is 337 Å². The topological polar surface area (TPSA) is 199 Å². The molecule has 5 rings (SSSR count). The summed E-state index contributed by atoms with van der Waals surface area (Å²) in [6, 6.07) is 5.51. The van der Waals surface area contributed by atoms with Crippen molar-refractivity contribution in [2.24, 2.45) is 0 Å². The van der Waals surface area contributed by atoms with Gasteiger partial charge in [0.1, 0.15) is 48.1 Å². The predicted octanol–water partition coefficient (Wildman–Crippen LogP) is 4.80. The molecule has 5 heterocycles. The number of hydrogen-bond acceptors (Lipinski definition) is 16. The van der Waals surface area contributed by atoms with E-state index in [1.807, 2.05) is 19.2 Å². The molecule has 57 heavy (non-hydrogen) atoms. The molecule has 2 unspecified atom stereocenters. The zero-order chi connectivity index (χ0) is 41.5. The molecule has 3 aromatic heterocycles. The number of ketones is 1. The fourth-order valence-electron chi connectivity index (χ4n) is 5.81. The van der Waals surface area contributed by atoms with Crippen LogP contribution in [0.4, 0.5) is 4.39 Å². The molecule has 0 spiro atoms. The molecule has 1 N–H and O–H groups in total. The van der Waals surface area contributed by atoms with Gasteiger partial charge in [0.2, 0.25) is 0 Å². The van der Waals surface area contributed by atoms with Gasteiger partial charge in [0.15, 0.2) is 32.5 Å². The van der Waals surface area contributed by atoms with E-state index in [9.17, 15) is 20.0 Å². The smallest absolute Gasteiger partial charge is 0.327 e. The molecule has 2 fully saturated rings. The molecule has 0 aromatic carbocycles. The van der Waals surface area contributed by atoms with Gasteiger partial charge in [-0.1, -0.05) is 32.6 Å². The lowest BCUT2D eigenvalue weighted by atomic mass is 10.1. The van der Waals surface area contributed by atoms with Crippen LogP contribution >= 0.6 is 6.72 Å². The van der Waals surface area contributed by atoms with E-state index in [0.29, 0.717) is 16.8 Å². The fraction of sp³-hybridized carbons (Fsp3) is 0.595. The Morgan fingerprint density at radius 1 is 1.12 bits per heavy atom. The number of nitrogens with zero attached hydrogens (tertiary/aromatic N) is 6. The Morgan fingerprint density at radius 3 is 2.56 bits per heavy atom. The van der Waals surface area contributed by atoms with Crippen molar-refractivity contribution >= 4 is 49.8 Å². The lowest BCUT2D eigenvalue weighted by molar-refractivity contribution is -0.155. The van der Waals surface area contributed by atoms with Crippen molar-refractivity contribution in [3.8, 4) is 17.9 Å². The van der Waals surface area contributed by atoms with E-state index >= 15 is 4.39 Å². The van der Waals surface area contributed by atoms with Crippen LogP contribution in [0.15, 0.2) is 37.2 Å². The molecule has 0 aliphatic carbocycles. The molecule has 2 saturated heterocycles. The van der Waals surface area contributed by atoms with Crippen LogP contribution in [-0.2, 0) is 53.6 Å². The number of aryl methyl sites for hydroxylation is 1. The van der Waals surface area contributed by atoms with E-state index in [2.05, 4.69) is 52.5 Å². The van der Waals surface area contributed by atoms with Gasteiger partial charge in [-0.3, -0.25) is 18.9 Å². The van der Waals surface area contributed by atoms with Gasteiger partial charge in [0, 0.05) is 24.4 Å². The van der Waals surface area contributed by atoms with Crippen molar-refractivity contribution in [2.75, 3.05) is 19.8 Å². The highest BCUT2D eigenvalue weighted by molar-refractivity contribution is 8.07. The summed E-state index contributed by atoms with van der Waals surface area (Å²) in [7, 11) is -2.56. The number of Topliss-reactive ketones (excluding diaryl/α,β-unsaturated/α-hetero) is 1. The first-order valence-corrected chi connectivity index (χ1v) is 23.9. The summed E-state index contributed by atoms with van der Waals surface area (Å²) in [6.07, 6.45) is -4.53. The number of nitriles is 1. The molecular weight excluding hydrogens is 799 g/mol. The molecule has 0 bridgehead atoms. The minimum Gasteiger partial charge on any atom is -0.456 e. The summed E-state index contributed by atoms with van der Waals surface area (Å²) < 4.78 is 61.5. The number of pyridine rings is 1. The zero-order valence-electron chi connectivity index (χ0n) is 32.9. The fourth-order valence-corrected chi connectivity index (χ4v) is 9.20. The number of aliphatic hydroxyl groups is 1. The molecule has 0 amide bonds. The lowest BCUT2D eigenvalue weighted by Gasteiger charge is -2.40. The van der Waals surface area contributed by atoms with E-state index in [-0.39, 0.29) is 42.3 Å². The first kappa shape index (κ1) is 44.5. The molecule has 308 valence electrons. The number of fused-ring (bicyclic) bond motifs is 1. The number of aliphatic hydroxyl groups excluding tert-OH is 1. The Kier molecular flexibility index (Phi) is 14.8. The van der Waals surface area contributed by atoms with Crippen molar-refractivity contribution < 1.29 is 51.3 Å².